The van der Waals surface area contributed by atoms with E-state index in [1.807, 2.05) is 0 Å². The predicted molar refractivity (Wildman–Crippen MR) is 74.5 cm³/mol. The first-order valence-electron chi connectivity index (χ1n) is 8.07. The zero-order chi connectivity index (χ0) is 13.3. The molecule has 1 aliphatic carbocycles. The molecule has 2 atom stereocenters. The highest BCUT2D eigenvalue weighted by Crippen LogP contribution is 2.50. The minimum absolute atomic E-state index is 0.460. The molecule has 0 aromatic rings. The molecule has 2 heterocycles. The third-order valence-electron chi connectivity index (χ3n) is 5.95. The highest BCUT2D eigenvalue weighted by atomic mass is 16.3. The average molecular weight is 262 g/mol. The summed E-state index contributed by atoms with van der Waals surface area (Å²) in [5, 5.41) is 21.1. The van der Waals surface area contributed by atoms with Crippen LogP contribution in [0.3, 0.4) is 0 Å². The summed E-state index contributed by atoms with van der Waals surface area (Å²) in [5.74, 6) is 0. The van der Waals surface area contributed by atoms with E-state index < -0.39 is 11.0 Å². The van der Waals surface area contributed by atoms with Gasteiger partial charge >= 0.3 is 0 Å². The molecule has 3 aliphatic rings. The van der Waals surface area contributed by atoms with Gasteiger partial charge in [0.15, 0.2) is 0 Å². The average Bonchev–Trinajstić information content (AvgIpc) is 2.73. The lowest BCUT2D eigenvalue weighted by atomic mass is 9.63. The molecule has 3 heteroatoms. The fraction of sp³-hybridized carbons (Fsp3) is 0.938. The Morgan fingerprint density at radius 1 is 1.00 bits per heavy atom. The first-order chi connectivity index (χ1) is 9.19. The van der Waals surface area contributed by atoms with E-state index in [-0.39, 0.29) is 0 Å². The monoisotopic (exact) mass is 262 g/mol. The van der Waals surface area contributed by atoms with E-state index in [1.54, 1.807) is 0 Å². The molecule has 1 saturated carbocycles. The molecule has 0 bridgehead atoms. The van der Waals surface area contributed by atoms with Crippen LogP contribution in [0, 0.1) is 16.7 Å². The van der Waals surface area contributed by atoms with Crippen molar-refractivity contribution in [2.24, 2.45) is 5.41 Å². The van der Waals surface area contributed by atoms with Crippen LogP contribution in [0.2, 0.25) is 0 Å². The van der Waals surface area contributed by atoms with Gasteiger partial charge in [-0.1, -0.05) is 25.7 Å². The minimum atomic E-state index is -0.725. The summed E-state index contributed by atoms with van der Waals surface area (Å²) in [6, 6.07) is 3.11. The van der Waals surface area contributed by atoms with Gasteiger partial charge in [0, 0.05) is 12.6 Å². The van der Waals surface area contributed by atoms with E-state index in [2.05, 4.69) is 11.0 Å². The molecular weight excluding hydrogens is 236 g/mol. The molecule has 2 unspecified atom stereocenters. The Morgan fingerprint density at radius 3 is 2.42 bits per heavy atom. The third-order valence-corrected chi connectivity index (χ3v) is 5.95. The highest BCUT2D eigenvalue weighted by Gasteiger charge is 2.54. The van der Waals surface area contributed by atoms with Crippen LogP contribution in [0.25, 0.3) is 0 Å². The second-order valence-electron chi connectivity index (χ2n) is 6.93. The van der Waals surface area contributed by atoms with Crippen molar-refractivity contribution >= 4 is 0 Å². The fourth-order valence-corrected chi connectivity index (χ4v) is 4.69. The summed E-state index contributed by atoms with van der Waals surface area (Å²) < 4.78 is 0. The fourth-order valence-electron chi connectivity index (χ4n) is 4.69. The van der Waals surface area contributed by atoms with Crippen molar-refractivity contribution in [3.8, 4) is 6.07 Å². The topological polar surface area (TPSA) is 47.3 Å². The van der Waals surface area contributed by atoms with E-state index in [0.717, 1.165) is 45.1 Å². The first kappa shape index (κ1) is 13.4. The Bertz CT molecular complexity index is 367. The first-order valence-corrected chi connectivity index (χ1v) is 8.07. The summed E-state index contributed by atoms with van der Waals surface area (Å²) in [7, 11) is 0. The van der Waals surface area contributed by atoms with E-state index in [4.69, 9.17) is 0 Å². The van der Waals surface area contributed by atoms with Crippen LogP contribution in [0.15, 0.2) is 0 Å². The lowest BCUT2D eigenvalue weighted by Gasteiger charge is -2.49. The molecule has 2 saturated heterocycles. The van der Waals surface area contributed by atoms with Crippen molar-refractivity contribution in [3.05, 3.63) is 0 Å². The Hall–Kier alpha value is -0.590. The van der Waals surface area contributed by atoms with Crippen LogP contribution in [-0.4, -0.2) is 34.7 Å². The van der Waals surface area contributed by atoms with Crippen LogP contribution in [0.5, 0.6) is 0 Å². The number of piperidine rings is 1. The number of fused-ring (bicyclic) bond motifs is 1. The molecule has 0 aromatic heterocycles. The Kier molecular flexibility index (Phi) is 3.57. The number of aliphatic hydroxyl groups is 1. The number of nitrogens with zero attached hydrogens (tertiary/aromatic N) is 2. The number of hydrogen-bond donors (Lipinski definition) is 1. The van der Waals surface area contributed by atoms with Crippen molar-refractivity contribution in [1.29, 1.82) is 5.26 Å². The Balaban J connectivity index is 1.83. The normalized spacial score (nSPS) is 39.3. The summed E-state index contributed by atoms with van der Waals surface area (Å²) in [4.78, 5) is 2.52. The maximum Gasteiger partial charge on any atom is 0.0861 e. The van der Waals surface area contributed by atoms with Crippen molar-refractivity contribution in [3.63, 3.8) is 0 Å². The number of nitriles is 1. The Labute approximate surface area is 116 Å². The zero-order valence-corrected chi connectivity index (χ0v) is 11.9. The van der Waals surface area contributed by atoms with E-state index in [0.29, 0.717) is 6.04 Å². The van der Waals surface area contributed by atoms with Crippen LogP contribution in [0.4, 0.5) is 0 Å². The van der Waals surface area contributed by atoms with Gasteiger partial charge in [0.1, 0.15) is 0 Å². The Morgan fingerprint density at radius 2 is 1.74 bits per heavy atom. The van der Waals surface area contributed by atoms with Gasteiger partial charge in [0.25, 0.3) is 0 Å². The van der Waals surface area contributed by atoms with Crippen molar-refractivity contribution in [1.82, 2.24) is 4.90 Å². The van der Waals surface area contributed by atoms with Crippen LogP contribution >= 0.6 is 0 Å². The molecule has 1 N–H and O–H groups in total. The molecule has 0 aromatic carbocycles. The largest absolute Gasteiger partial charge is 0.388 e. The molecule has 106 valence electrons. The van der Waals surface area contributed by atoms with Gasteiger partial charge < -0.3 is 10.0 Å². The molecule has 19 heavy (non-hydrogen) atoms. The van der Waals surface area contributed by atoms with Crippen molar-refractivity contribution in [2.45, 2.75) is 75.9 Å². The second kappa shape index (κ2) is 5.07. The van der Waals surface area contributed by atoms with Gasteiger partial charge in [-0.2, -0.15) is 5.26 Å². The standard InChI is InChI=1S/C16H26N2O/c17-13-15(7-3-1-2-4-8-15)16(19)9-11-18-10-5-6-14(18)12-16/h14,19H,1-12H2. The van der Waals surface area contributed by atoms with Crippen LogP contribution in [0.1, 0.15) is 64.2 Å². The van der Waals surface area contributed by atoms with Gasteiger partial charge in [-0.3, -0.25) is 0 Å². The van der Waals surface area contributed by atoms with Gasteiger partial charge in [-0.15, -0.1) is 0 Å². The summed E-state index contributed by atoms with van der Waals surface area (Å²) in [5.41, 5.74) is -1.18. The van der Waals surface area contributed by atoms with E-state index >= 15 is 0 Å². The number of rotatable bonds is 1. The SMILES string of the molecule is N#CC1(C2(O)CCN3CCCC3C2)CCCCCC1. The minimum Gasteiger partial charge on any atom is -0.388 e. The van der Waals surface area contributed by atoms with E-state index in [9.17, 15) is 10.4 Å². The number of hydrogen-bond acceptors (Lipinski definition) is 3. The molecule has 2 aliphatic heterocycles. The molecule has 3 fully saturated rings. The maximum atomic E-state index is 11.3. The van der Waals surface area contributed by atoms with Gasteiger partial charge in [-0.05, 0) is 45.1 Å². The van der Waals surface area contributed by atoms with Crippen molar-refractivity contribution < 1.29 is 5.11 Å². The lowest BCUT2D eigenvalue weighted by Crippen LogP contribution is -2.56. The molecule has 0 radical (unpaired) electrons. The highest BCUT2D eigenvalue weighted by molar-refractivity contribution is 5.15. The zero-order valence-electron chi connectivity index (χ0n) is 11.9. The molecule has 3 rings (SSSR count). The molecule has 0 amide bonds. The third kappa shape index (κ3) is 2.19. The maximum absolute atomic E-state index is 11.3. The van der Waals surface area contributed by atoms with Gasteiger partial charge in [-0.25, -0.2) is 0 Å². The molecule has 3 nitrogen and oxygen atoms in total. The van der Waals surface area contributed by atoms with Crippen molar-refractivity contribution in [2.75, 3.05) is 13.1 Å². The molecule has 0 spiro atoms. The quantitative estimate of drug-likeness (QED) is 0.739. The summed E-state index contributed by atoms with van der Waals surface area (Å²) >= 11 is 0. The summed E-state index contributed by atoms with van der Waals surface area (Å²) in [6.07, 6.45) is 10.6. The van der Waals surface area contributed by atoms with Gasteiger partial charge in [0.2, 0.25) is 0 Å². The van der Waals surface area contributed by atoms with Crippen LogP contribution < -0.4 is 0 Å². The van der Waals surface area contributed by atoms with E-state index in [1.165, 1.54) is 32.2 Å². The summed E-state index contributed by atoms with van der Waals surface area (Å²) in [6.45, 7) is 2.19. The second-order valence-corrected chi connectivity index (χ2v) is 6.93. The predicted octanol–water partition coefficient (Wildman–Crippen LogP) is 2.84. The molecular formula is C16H26N2O. The van der Waals surface area contributed by atoms with Crippen LogP contribution in [-0.2, 0) is 0 Å². The lowest BCUT2D eigenvalue weighted by molar-refractivity contribution is -0.113. The smallest absolute Gasteiger partial charge is 0.0861 e. The van der Waals surface area contributed by atoms with Gasteiger partial charge in [0.05, 0.1) is 17.1 Å².